The molecule has 116 valence electrons. The Balaban J connectivity index is 2.61. The third-order valence-corrected chi connectivity index (χ3v) is 4.19. The van der Waals surface area contributed by atoms with Crippen molar-refractivity contribution in [3.63, 3.8) is 0 Å². The van der Waals surface area contributed by atoms with Crippen LogP contribution in [-0.2, 0) is 17.7 Å². The second kappa shape index (κ2) is 8.60. The van der Waals surface area contributed by atoms with Crippen molar-refractivity contribution in [2.75, 3.05) is 25.1 Å². The number of likely N-dealkylation sites (N-methyl/N-ethyl adjacent to an activating group) is 1. The van der Waals surface area contributed by atoms with Crippen molar-refractivity contribution in [1.82, 2.24) is 10.3 Å². The van der Waals surface area contributed by atoms with Gasteiger partial charge in [0, 0.05) is 31.1 Å². The first-order chi connectivity index (χ1) is 9.43. The molecule has 0 unspecified atom stereocenters. The molecule has 0 aliphatic carbocycles. The van der Waals surface area contributed by atoms with Gasteiger partial charge in [0.1, 0.15) is 0 Å². The number of nitrogens with one attached hydrogen (secondary N) is 1. The van der Waals surface area contributed by atoms with Crippen molar-refractivity contribution in [2.45, 2.75) is 59.7 Å². The third-order valence-electron chi connectivity index (χ3n) is 2.98. The van der Waals surface area contributed by atoms with Gasteiger partial charge in [-0.25, -0.2) is 4.98 Å². The number of rotatable bonds is 9. The maximum atomic E-state index is 5.60. The van der Waals surface area contributed by atoms with Crippen molar-refractivity contribution in [1.29, 1.82) is 0 Å². The zero-order chi connectivity index (χ0) is 15.1. The first-order valence-electron chi connectivity index (χ1n) is 7.48. The van der Waals surface area contributed by atoms with Crippen molar-refractivity contribution in [2.24, 2.45) is 0 Å². The first-order valence-corrected chi connectivity index (χ1v) is 8.30. The maximum absolute atomic E-state index is 5.60. The Morgan fingerprint density at radius 2 is 2.00 bits per heavy atom. The summed E-state index contributed by atoms with van der Waals surface area (Å²) in [5, 5.41) is 4.57. The molecule has 5 heteroatoms. The molecule has 0 atom stereocenters. The Labute approximate surface area is 127 Å². The molecule has 4 nitrogen and oxygen atoms in total. The van der Waals surface area contributed by atoms with E-state index in [4.69, 9.17) is 9.72 Å². The van der Waals surface area contributed by atoms with E-state index >= 15 is 0 Å². The van der Waals surface area contributed by atoms with Crippen LogP contribution in [0.25, 0.3) is 0 Å². The van der Waals surface area contributed by atoms with Crippen LogP contribution in [0.4, 0.5) is 5.13 Å². The minimum absolute atomic E-state index is 0.289. The lowest BCUT2D eigenvalue weighted by Crippen LogP contribution is -2.23. The molecule has 0 spiro atoms. The molecule has 0 amide bonds. The van der Waals surface area contributed by atoms with Gasteiger partial charge >= 0.3 is 0 Å². The largest absolute Gasteiger partial charge is 0.377 e. The van der Waals surface area contributed by atoms with Crippen LogP contribution in [0.5, 0.6) is 0 Å². The molecule has 0 radical (unpaired) electrons. The van der Waals surface area contributed by atoms with E-state index in [0.29, 0.717) is 6.04 Å². The van der Waals surface area contributed by atoms with Crippen LogP contribution in [0.1, 0.15) is 45.2 Å². The Hall–Kier alpha value is -0.650. The first kappa shape index (κ1) is 17.4. The fourth-order valence-corrected chi connectivity index (χ4v) is 2.85. The van der Waals surface area contributed by atoms with E-state index in [1.807, 2.05) is 0 Å². The average molecular weight is 299 g/mol. The number of anilines is 1. The summed E-state index contributed by atoms with van der Waals surface area (Å²) in [6.07, 6.45) is 1.28. The number of aryl methyl sites for hydroxylation is 1. The van der Waals surface area contributed by atoms with Crippen LogP contribution < -0.4 is 10.2 Å². The van der Waals surface area contributed by atoms with Gasteiger partial charge in [0.15, 0.2) is 5.13 Å². The van der Waals surface area contributed by atoms with Crippen LogP contribution in [0, 0.1) is 0 Å². The zero-order valence-corrected chi connectivity index (χ0v) is 14.5. The normalized spacial score (nSPS) is 11.6. The molecule has 0 aliphatic heterocycles. The Bertz CT molecular complexity index is 390. The van der Waals surface area contributed by atoms with Crippen LogP contribution >= 0.6 is 11.3 Å². The van der Waals surface area contributed by atoms with E-state index < -0.39 is 0 Å². The summed E-state index contributed by atoms with van der Waals surface area (Å²) in [5.41, 5.74) is 1.22. The standard InChI is InChI=1S/C15H29N3OS/c1-7-13-14(10-16-11(2)3)20-15(17-13)18(6)8-9-19-12(4)5/h11-12,16H,7-10H2,1-6H3. The van der Waals surface area contributed by atoms with E-state index in [9.17, 15) is 0 Å². The molecular formula is C15H29N3OS. The van der Waals surface area contributed by atoms with Crippen molar-refractivity contribution < 1.29 is 4.74 Å². The molecule has 1 aromatic rings. The molecule has 0 fully saturated rings. The van der Waals surface area contributed by atoms with E-state index in [-0.39, 0.29) is 6.10 Å². The average Bonchev–Trinajstić information content (AvgIpc) is 2.79. The summed E-state index contributed by atoms with van der Waals surface area (Å²) in [6, 6.07) is 0.502. The van der Waals surface area contributed by atoms with Gasteiger partial charge in [-0.05, 0) is 20.3 Å². The summed E-state index contributed by atoms with van der Waals surface area (Å²) >= 11 is 1.79. The van der Waals surface area contributed by atoms with Crippen LogP contribution in [0.15, 0.2) is 0 Å². The van der Waals surface area contributed by atoms with E-state index in [0.717, 1.165) is 31.2 Å². The van der Waals surface area contributed by atoms with Crippen LogP contribution in [-0.4, -0.2) is 37.3 Å². The minimum atomic E-state index is 0.289. The summed E-state index contributed by atoms with van der Waals surface area (Å²) < 4.78 is 5.60. The van der Waals surface area contributed by atoms with Gasteiger partial charge in [0.25, 0.3) is 0 Å². The van der Waals surface area contributed by atoms with E-state index in [2.05, 4.69) is 51.9 Å². The number of aromatic nitrogens is 1. The van der Waals surface area contributed by atoms with E-state index in [1.165, 1.54) is 10.6 Å². The van der Waals surface area contributed by atoms with Gasteiger partial charge in [-0.1, -0.05) is 20.8 Å². The molecule has 0 saturated carbocycles. The Morgan fingerprint density at radius 1 is 1.30 bits per heavy atom. The third kappa shape index (κ3) is 5.77. The predicted molar refractivity (Wildman–Crippen MR) is 87.8 cm³/mol. The number of hydrogen-bond acceptors (Lipinski definition) is 5. The summed E-state index contributed by atoms with van der Waals surface area (Å²) in [5.74, 6) is 0. The highest BCUT2D eigenvalue weighted by atomic mass is 32.1. The molecule has 0 aromatic carbocycles. The van der Waals surface area contributed by atoms with Gasteiger partial charge in [-0.2, -0.15) is 0 Å². The highest BCUT2D eigenvalue weighted by Crippen LogP contribution is 2.26. The highest BCUT2D eigenvalue weighted by Gasteiger charge is 2.13. The van der Waals surface area contributed by atoms with Gasteiger partial charge in [0.05, 0.1) is 18.4 Å². The number of hydrogen-bond donors (Lipinski definition) is 1. The molecule has 0 bridgehead atoms. The highest BCUT2D eigenvalue weighted by molar-refractivity contribution is 7.15. The second-order valence-corrected chi connectivity index (χ2v) is 6.66. The van der Waals surface area contributed by atoms with E-state index in [1.54, 1.807) is 11.3 Å². The van der Waals surface area contributed by atoms with Crippen molar-refractivity contribution in [3.05, 3.63) is 10.6 Å². The van der Waals surface area contributed by atoms with Gasteiger partial charge < -0.3 is 15.0 Å². The van der Waals surface area contributed by atoms with Crippen molar-refractivity contribution in [3.8, 4) is 0 Å². The predicted octanol–water partition coefficient (Wildman–Crippen LogP) is 3.06. The van der Waals surface area contributed by atoms with Crippen LogP contribution in [0.3, 0.4) is 0 Å². The molecule has 0 saturated heterocycles. The summed E-state index contributed by atoms with van der Waals surface area (Å²) in [6.45, 7) is 13.2. The lowest BCUT2D eigenvalue weighted by molar-refractivity contribution is 0.0846. The van der Waals surface area contributed by atoms with Gasteiger partial charge in [0.2, 0.25) is 0 Å². The minimum Gasteiger partial charge on any atom is -0.377 e. The molecule has 1 heterocycles. The summed E-state index contributed by atoms with van der Waals surface area (Å²) in [7, 11) is 2.08. The maximum Gasteiger partial charge on any atom is 0.185 e. The van der Waals surface area contributed by atoms with Crippen LogP contribution in [0.2, 0.25) is 0 Å². The SMILES string of the molecule is CCc1nc(N(C)CCOC(C)C)sc1CNC(C)C. The lowest BCUT2D eigenvalue weighted by atomic mass is 10.3. The fourth-order valence-electron chi connectivity index (χ4n) is 1.77. The fraction of sp³-hybridized carbons (Fsp3) is 0.800. The Morgan fingerprint density at radius 3 is 2.55 bits per heavy atom. The summed E-state index contributed by atoms with van der Waals surface area (Å²) in [4.78, 5) is 8.29. The van der Waals surface area contributed by atoms with Crippen molar-refractivity contribution >= 4 is 16.5 Å². The zero-order valence-electron chi connectivity index (χ0n) is 13.7. The molecule has 1 aromatic heterocycles. The molecule has 1 N–H and O–H groups in total. The monoisotopic (exact) mass is 299 g/mol. The topological polar surface area (TPSA) is 37.4 Å². The molecular weight excluding hydrogens is 270 g/mol. The lowest BCUT2D eigenvalue weighted by Gasteiger charge is -2.16. The number of thiazole rings is 1. The quantitative estimate of drug-likeness (QED) is 0.760. The Kier molecular flexibility index (Phi) is 7.48. The van der Waals surface area contributed by atoms with Gasteiger partial charge in [-0.15, -0.1) is 11.3 Å². The number of nitrogens with zero attached hydrogens (tertiary/aromatic N) is 2. The number of ether oxygens (including phenoxy) is 1. The smallest absolute Gasteiger partial charge is 0.185 e. The van der Waals surface area contributed by atoms with Gasteiger partial charge in [-0.3, -0.25) is 0 Å². The molecule has 0 aliphatic rings. The second-order valence-electron chi connectivity index (χ2n) is 5.60. The molecule has 1 rings (SSSR count). The molecule has 20 heavy (non-hydrogen) atoms.